The van der Waals surface area contributed by atoms with Gasteiger partial charge in [-0.2, -0.15) is 12.6 Å². The highest BCUT2D eigenvalue weighted by Crippen LogP contribution is 2.01. The predicted octanol–water partition coefficient (Wildman–Crippen LogP) is 2.43. The minimum absolute atomic E-state index is 0.694. The average Bonchev–Trinajstić information content (AvgIpc) is 1.97. The molecule has 0 aromatic carbocycles. The van der Waals surface area contributed by atoms with Crippen molar-refractivity contribution in [1.82, 2.24) is 4.90 Å². The van der Waals surface area contributed by atoms with Gasteiger partial charge in [-0.1, -0.05) is 6.92 Å². The van der Waals surface area contributed by atoms with Gasteiger partial charge in [0.2, 0.25) is 0 Å². The monoisotopic (exact) mass is 175 g/mol. The Hall–Kier alpha value is 0.310. The lowest BCUT2D eigenvalue weighted by atomic mass is 10.2. The van der Waals surface area contributed by atoms with E-state index in [1.165, 1.54) is 25.9 Å². The summed E-state index contributed by atoms with van der Waals surface area (Å²) < 4.78 is 0. The van der Waals surface area contributed by atoms with Gasteiger partial charge in [0.05, 0.1) is 0 Å². The van der Waals surface area contributed by atoms with Gasteiger partial charge in [0.1, 0.15) is 0 Å². The fourth-order valence-electron chi connectivity index (χ4n) is 1.21. The molecule has 2 heteroatoms. The summed E-state index contributed by atoms with van der Waals surface area (Å²) in [5.74, 6) is 1.02. The van der Waals surface area contributed by atoms with Gasteiger partial charge in [0.15, 0.2) is 0 Å². The largest absolute Gasteiger partial charge is 0.301 e. The Bertz CT molecular complexity index is 83.6. The van der Waals surface area contributed by atoms with Gasteiger partial charge >= 0.3 is 0 Å². The molecule has 0 amide bonds. The molecule has 11 heavy (non-hydrogen) atoms. The van der Waals surface area contributed by atoms with Crippen LogP contribution in [0.15, 0.2) is 0 Å². The highest BCUT2D eigenvalue weighted by Gasteiger charge is 2.04. The number of unbranched alkanes of at least 4 members (excludes halogenated alkanes) is 1. The summed E-state index contributed by atoms with van der Waals surface area (Å²) in [6.45, 7) is 9.13. The van der Waals surface area contributed by atoms with Crippen molar-refractivity contribution < 1.29 is 0 Å². The lowest BCUT2D eigenvalue weighted by Gasteiger charge is -2.24. The maximum absolute atomic E-state index is 4.19. The minimum atomic E-state index is 0.694. The Morgan fingerprint density at radius 2 is 1.91 bits per heavy atom. The van der Waals surface area contributed by atoms with E-state index in [9.17, 15) is 0 Å². The van der Waals surface area contributed by atoms with Gasteiger partial charge < -0.3 is 4.90 Å². The van der Waals surface area contributed by atoms with Crippen molar-refractivity contribution >= 4 is 12.6 Å². The van der Waals surface area contributed by atoms with Gasteiger partial charge in [-0.3, -0.25) is 0 Å². The number of hydrogen-bond acceptors (Lipinski definition) is 2. The quantitative estimate of drug-likeness (QED) is 0.479. The molecule has 0 saturated carbocycles. The predicted molar refractivity (Wildman–Crippen MR) is 55.5 cm³/mol. The van der Waals surface area contributed by atoms with Crippen molar-refractivity contribution in [3.8, 4) is 0 Å². The SMILES string of the molecule is CCN(CCCCS)C(C)C. The Kier molecular flexibility index (Phi) is 7.18. The molecule has 0 aliphatic rings. The highest BCUT2D eigenvalue weighted by atomic mass is 32.1. The van der Waals surface area contributed by atoms with E-state index in [-0.39, 0.29) is 0 Å². The number of nitrogens with zero attached hydrogens (tertiary/aromatic N) is 1. The van der Waals surface area contributed by atoms with E-state index < -0.39 is 0 Å². The third kappa shape index (κ3) is 5.57. The van der Waals surface area contributed by atoms with E-state index in [0.717, 1.165) is 5.75 Å². The molecule has 0 heterocycles. The van der Waals surface area contributed by atoms with Gasteiger partial charge in [-0.25, -0.2) is 0 Å². The molecule has 0 N–H and O–H groups in total. The summed E-state index contributed by atoms with van der Waals surface area (Å²) in [7, 11) is 0. The normalized spacial score (nSPS) is 11.5. The Labute approximate surface area is 76.6 Å². The van der Waals surface area contributed by atoms with Crippen LogP contribution < -0.4 is 0 Å². The zero-order valence-electron chi connectivity index (χ0n) is 8.01. The molecule has 0 bridgehead atoms. The third-order valence-corrected chi connectivity index (χ3v) is 2.31. The summed E-state index contributed by atoms with van der Waals surface area (Å²) in [5, 5.41) is 0. The van der Waals surface area contributed by atoms with Crippen LogP contribution in [0.3, 0.4) is 0 Å². The molecule has 0 aromatic rings. The van der Waals surface area contributed by atoms with Crippen LogP contribution in [-0.2, 0) is 0 Å². The second-order valence-corrected chi connectivity index (χ2v) is 3.60. The third-order valence-electron chi connectivity index (χ3n) is 1.99. The average molecular weight is 175 g/mol. The van der Waals surface area contributed by atoms with Crippen molar-refractivity contribution in [3.63, 3.8) is 0 Å². The molecule has 0 aromatic heterocycles. The van der Waals surface area contributed by atoms with Gasteiger partial charge in [0, 0.05) is 6.04 Å². The van der Waals surface area contributed by atoms with Crippen molar-refractivity contribution in [2.24, 2.45) is 0 Å². The zero-order chi connectivity index (χ0) is 8.69. The van der Waals surface area contributed by atoms with Crippen LogP contribution in [0.25, 0.3) is 0 Å². The van der Waals surface area contributed by atoms with Crippen LogP contribution >= 0.6 is 12.6 Å². The van der Waals surface area contributed by atoms with Crippen LogP contribution in [0, 0.1) is 0 Å². The van der Waals surface area contributed by atoms with Crippen LogP contribution in [-0.4, -0.2) is 29.8 Å². The van der Waals surface area contributed by atoms with Crippen LogP contribution in [0.2, 0.25) is 0 Å². The van der Waals surface area contributed by atoms with Gasteiger partial charge in [-0.15, -0.1) is 0 Å². The molecule has 0 fully saturated rings. The first-order valence-corrected chi connectivity index (χ1v) is 5.20. The summed E-state index contributed by atoms with van der Waals surface area (Å²) in [6, 6.07) is 0.694. The number of hydrogen-bond donors (Lipinski definition) is 1. The molecule has 68 valence electrons. The Balaban J connectivity index is 3.36. The molecule has 1 nitrogen and oxygen atoms in total. The first-order chi connectivity index (χ1) is 5.22. The van der Waals surface area contributed by atoms with E-state index in [0.29, 0.717) is 6.04 Å². The van der Waals surface area contributed by atoms with Crippen molar-refractivity contribution in [3.05, 3.63) is 0 Å². The lowest BCUT2D eigenvalue weighted by Crippen LogP contribution is -2.31. The molecular formula is C9H21NS. The molecule has 0 radical (unpaired) electrons. The van der Waals surface area contributed by atoms with Crippen molar-refractivity contribution in [2.45, 2.75) is 39.7 Å². The zero-order valence-corrected chi connectivity index (χ0v) is 8.90. The Morgan fingerprint density at radius 3 is 2.27 bits per heavy atom. The molecule has 0 saturated heterocycles. The van der Waals surface area contributed by atoms with Crippen LogP contribution in [0.4, 0.5) is 0 Å². The molecular weight excluding hydrogens is 154 g/mol. The Morgan fingerprint density at radius 1 is 1.27 bits per heavy atom. The lowest BCUT2D eigenvalue weighted by molar-refractivity contribution is 0.230. The standard InChI is InChI=1S/C9H21NS/c1-4-10(9(2)3)7-5-6-8-11/h9,11H,4-8H2,1-3H3. The van der Waals surface area contributed by atoms with E-state index in [2.05, 4.69) is 38.3 Å². The van der Waals surface area contributed by atoms with Crippen LogP contribution in [0.1, 0.15) is 33.6 Å². The van der Waals surface area contributed by atoms with Gasteiger partial charge in [0.25, 0.3) is 0 Å². The molecule has 0 unspecified atom stereocenters. The van der Waals surface area contributed by atoms with Crippen LogP contribution in [0.5, 0.6) is 0 Å². The summed E-state index contributed by atoms with van der Waals surface area (Å²) in [5.41, 5.74) is 0. The van der Waals surface area contributed by atoms with E-state index >= 15 is 0 Å². The molecule has 0 aliphatic heterocycles. The van der Waals surface area contributed by atoms with Gasteiger partial charge in [-0.05, 0) is 45.5 Å². The second-order valence-electron chi connectivity index (χ2n) is 3.15. The van der Waals surface area contributed by atoms with E-state index in [4.69, 9.17) is 0 Å². The van der Waals surface area contributed by atoms with Crippen molar-refractivity contribution in [2.75, 3.05) is 18.8 Å². The van der Waals surface area contributed by atoms with E-state index in [1.807, 2.05) is 0 Å². The number of thiol groups is 1. The number of rotatable bonds is 6. The molecule has 0 spiro atoms. The maximum Gasteiger partial charge on any atom is 0.00384 e. The summed E-state index contributed by atoms with van der Waals surface area (Å²) in [4.78, 5) is 2.49. The fourth-order valence-corrected chi connectivity index (χ4v) is 1.43. The first-order valence-electron chi connectivity index (χ1n) is 4.57. The first kappa shape index (κ1) is 11.3. The fraction of sp³-hybridized carbons (Fsp3) is 1.00. The minimum Gasteiger partial charge on any atom is -0.301 e. The summed E-state index contributed by atoms with van der Waals surface area (Å²) in [6.07, 6.45) is 2.53. The molecule has 0 atom stereocenters. The van der Waals surface area contributed by atoms with E-state index in [1.54, 1.807) is 0 Å². The summed E-state index contributed by atoms with van der Waals surface area (Å²) >= 11 is 4.19. The second kappa shape index (κ2) is 6.99. The highest BCUT2D eigenvalue weighted by molar-refractivity contribution is 7.80. The molecule has 0 rings (SSSR count). The smallest absolute Gasteiger partial charge is 0.00384 e. The molecule has 0 aliphatic carbocycles. The maximum atomic E-state index is 4.19. The topological polar surface area (TPSA) is 3.24 Å². The van der Waals surface area contributed by atoms with Crippen molar-refractivity contribution in [1.29, 1.82) is 0 Å².